The highest BCUT2D eigenvalue weighted by Crippen LogP contribution is 2.29. The summed E-state index contributed by atoms with van der Waals surface area (Å²) in [6, 6.07) is 15.2. The number of likely N-dealkylation sites (tertiary alicyclic amines) is 1. The van der Waals surface area contributed by atoms with Crippen LogP contribution in [0.1, 0.15) is 28.2 Å². The molecule has 1 unspecified atom stereocenters. The van der Waals surface area contributed by atoms with Crippen molar-refractivity contribution in [1.82, 2.24) is 15.2 Å². The quantitative estimate of drug-likeness (QED) is 0.576. The van der Waals surface area contributed by atoms with Gasteiger partial charge >= 0.3 is 6.03 Å². The number of hydrogen-bond donors (Lipinski definition) is 2. The maximum absolute atomic E-state index is 13.3. The van der Waals surface area contributed by atoms with Crippen molar-refractivity contribution in [2.75, 3.05) is 25.0 Å². The van der Waals surface area contributed by atoms with Gasteiger partial charge in [0.2, 0.25) is 0 Å². The number of rotatable bonds is 5. The number of benzene rings is 2. The van der Waals surface area contributed by atoms with E-state index in [0.29, 0.717) is 30.2 Å². The molecule has 8 heteroatoms. The second-order valence-electron chi connectivity index (χ2n) is 7.90. The number of amides is 3. The van der Waals surface area contributed by atoms with Crippen LogP contribution in [0.25, 0.3) is 10.6 Å². The molecule has 0 aliphatic carbocycles. The molecular weight excluding hydrogens is 427 g/mol. The Kier molecular flexibility index (Phi) is 6.80. The molecule has 4 rings (SSSR count). The highest BCUT2D eigenvalue weighted by Gasteiger charge is 2.27. The van der Waals surface area contributed by atoms with Crippen molar-refractivity contribution in [3.63, 3.8) is 0 Å². The second-order valence-corrected chi connectivity index (χ2v) is 8.90. The van der Waals surface area contributed by atoms with Gasteiger partial charge in [-0.05, 0) is 43.9 Å². The number of nitrogens with one attached hydrogen (secondary N) is 2. The van der Waals surface area contributed by atoms with Gasteiger partial charge in [0.15, 0.2) is 0 Å². The van der Waals surface area contributed by atoms with Gasteiger partial charge in [0.25, 0.3) is 5.91 Å². The molecule has 2 heterocycles. The van der Waals surface area contributed by atoms with E-state index in [-0.39, 0.29) is 17.9 Å². The molecule has 0 spiro atoms. The Labute approximate surface area is 190 Å². The minimum atomic E-state index is -0.405. The van der Waals surface area contributed by atoms with Crippen LogP contribution in [0.15, 0.2) is 54.6 Å². The van der Waals surface area contributed by atoms with Crippen molar-refractivity contribution in [2.24, 2.45) is 5.92 Å². The third-order valence-corrected chi connectivity index (χ3v) is 6.65. The first-order valence-corrected chi connectivity index (χ1v) is 11.4. The first-order chi connectivity index (χ1) is 15.5. The van der Waals surface area contributed by atoms with Gasteiger partial charge in [-0.25, -0.2) is 14.2 Å². The maximum Gasteiger partial charge on any atom is 0.319 e. The summed E-state index contributed by atoms with van der Waals surface area (Å²) >= 11 is 1.42. The molecule has 2 aromatic carbocycles. The van der Waals surface area contributed by atoms with Gasteiger partial charge in [-0.3, -0.25) is 4.79 Å². The molecule has 166 valence electrons. The lowest BCUT2D eigenvalue weighted by atomic mass is 9.98. The number of aryl methyl sites for hydroxylation is 1. The Morgan fingerprint density at radius 2 is 2.00 bits per heavy atom. The third kappa shape index (κ3) is 5.31. The van der Waals surface area contributed by atoms with Gasteiger partial charge in [0.05, 0.1) is 5.69 Å². The Bertz CT molecular complexity index is 1100. The van der Waals surface area contributed by atoms with Crippen LogP contribution in [0.2, 0.25) is 0 Å². The molecule has 1 aliphatic rings. The van der Waals surface area contributed by atoms with Gasteiger partial charge < -0.3 is 15.5 Å². The number of nitrogens with zero attached hydrogens (tertiary/aromatic N) is 2. The average molecular weight is 453 g/mol. The fourth-order valence-electron chi connectivity index (χ4n) is 3.84. The van der Waals surface area contributed by atoms with Crippen molar-refractivity contribution in [1.29, 1.82) is 0 Å². The summed E-state index contributed by atoms with van der Waals surface area (Å²) in [4.78, 5) is 32.5. The van der Waals surface area contributed by atoms with Gasteiger partial charge in [0, 0.05) is 30.9 Å². The summed E-state index contributed by atoms with van der Waals surface area (Å²) < 4.78 is 13.3. The zero-order valence-electron chi connectivity index (χ0n) is 17.8. The van der Waals surface area contributed by atoms with E-state index in [1.807, 2.05) is 42.2 Å². The molecule has 0 saturated carbocycles. The number of halogens is 1. The first-order valence-electron chi connectivity index (χ1n) is 10.6. The minimum Gasteiger partial charge on any atom is -0.338 e. The van der Waals surface area contributed by atoms with Crippen LogP contribution in [0.3, 0.4) is 0 Å². The van der Waals surface area contributed by atoms with E-state index in [1.54, 1.807) is 12.1 Å². The van der Waals surface area contributed by atoms with Gasteiger partial charge in [-0.1, -0.05) is 36.4 Å². The minimum absolute atomic E-state index is 0.00362. The molecule has 0 radical (unpaired) electrons. The molecular formula is C24H25FN4O2S. The normalized spacial score (nSPS) is 15.9. The van der Waals surface area contributed by atoms with Crippen LogP contribution in [-0.2, 0) is 0 Å². The number of piperidine rings is 1. The van der Waals surface area contributed by atoms with Crippen molar-refractivity contribution >= 4 is 29.0 Å². The van der Waals surface area contributed by atoms with Crippen LogP contribution < -0.4 is 10.6 Å². The Hall–Kier alpha value is -3.26. The first kappa shape index (κ1) is 22.0. The lowest BCUT2D eigenvalue weighted by molar-refractivity contribution is 0.0679. The predicted octanol–water partition coefficient (Wildman–Crippen LogP) is 4.93. The van der Waals surface area contributed by atoms with E-state index in [0.717, 1.165) is 29.1 Å². The number of carbonyl (C=O) groups is 2. The molecule has 3 amide bonds. The van der Waals surface area contributed by atoms with E-state index in [4.69, 9.17) is 0 Å². The van der Waals surface area contributed by atoms with Crippen molar-refractivity contribution in [3.8, 4) is 10.6 Å². The fourth-order valence-corrected chi connectivity index (χ4v) is 4.88. The van der Waals surface area contributed by atoms with E-state index < -0.39 is 5.82 Å². The molecule has 6 nitrogen and oxygen atoms in total. The predicted molar refractivity (Wildman–Crippen MR) is 124 cm³/mol. The molecule has 32 heavy (non-hydrogen) atoms. The standard InChI is InChI=1S/C24H25FN4O2S/c1-16-21(32-22(27-16)18-8-3-2-4-9-18)23(30)29-12-6-7-17(15-29)14-26-24(31)28-20-11-5-10-19(25)13-20/h2-5,8-11,13,17H,6-7,12,14-15H2,1H3,(H2,26,28,31). The van der Waals surface area contributed by atoms with E-state index in [1.165, 1.54) is 23.5 Å². The van der Waals surface area contributed by atoms with Crippen molar-refractivity contribution in [2.45, 2.75) is 19.8 Å². The van der Waals surface area contributed by atoms with Crippen LogP contribution in [0.5, 0.6) is 0 Å². The largest absolute Gasteiger partial charge is 0.338 e. The number of hydrogen-bond acceptors (Lipinski definition) is 4. The Morgan fingerprint density at radius 1 is 1.19 bits per heavy atom. The van der Waals surface area contributed by atoms with Crippen molar-refractivity contribution < 1.29 is 14.0 Å². The molecule has 3 aromatic rings. The molecule has 1 saturated heterocycles. The SMILES string of the molecule is Cc1nc(-c2ccccc2)sc1C(=O)N1CCCC(CNC(=O)Nc2cccc(F)c2)C1. The molecule has 1 aliphatic heterocycles. The monoisotopic (exact) mass is 452 g/mol. The van der Waals surface area contributed by atoms with E-state index in [9.17, 15) is 14.0 Å². The smallest absolute Gasteiger partial charge is 0.319 e. The van der Waals surface area contributed by atoms with Crippen LogP contribution in [0.4, 0.5) is 14.9 Å². The zero-order chi connectivity index (χ0) is 22.5. The second kappa shape index (κ2) is 9.91. The van der Waals surface area contributed by atoms with Crippen LogP contribution in [-0.4, -0.2) is 41.5 Å². The number of urea groups is 1. The summed E-state index contributed by atoms with van der Waals surface area (Å²) in [5.74, 6) is -0.248. The van der Waals surface area contributed by atoms with E-state index >= 15 is 0 Å². The molecule has 0 bridgehead atoms. The highest BCUT2D eigenvalue weighted by atomic mass is 32.1. The number of carbonyl (C=O) groups excluding carboxylic acids is 2. The fraction of sp³-hybridized carbons (Fsp3) is 0.292. The van der Waals surface area contributed by atoms with Gasteiger partial charge in [-0.2, -0.15) is 0 Å². The third-order valence-electron chi connectivity index (χ3n) is 5.45. The van der Waals surface area contributed by atoms with Crippen LogP contribution in [0, 0.1) is 18.7 Å². The number of thiazole rings is 1. The summed E-state index contributed by atoms with van der Waals surface area (Å²) in [6.45, 7) is 3.59. The average Bonchev–Trinajstić information content (AvgIpc) is 3.19. The topological polar surface area (TPSA) is 74.3 Å². The molecule has 1 fully saturated rings. The summed E-state index contributed by atoms with van der Waals surface area (Å²) in [6.07, 6.45) is 1.81. The lowest BCUT2D eigenvalue weighted by Gasteiger charge is -2.32. The Balaban J connectivity index is 1.34. The highest BCUT2D eigenvalue weighted by molar-refractivity contribution is 7.17. The maximum atomic E-state index is 13.3. The summed E-state index contributed by atoms with van der Waals surface area (Å²) in [7, 11) is 0. The van der Waals surface area contributed by atoms with Crippen LogP contribution >= 0.6 is 11.3 Å². The van der Waals surface area contributed by atoms with Gasteiger partial charge in [0.1, 0.15) is 15.7 Å². The zero-order valence-corrected chi connectivity index (χ0v) is 18.6. The molecule has 2 N–H and O–H groups in total. The Morgan fingerprint density at radius 3 is 2.78 bits per heavy atom. The number of aromatic nitrogens is 1. The lowest BCUT2D eigenvalue weighted by Crippen LogP contribution is -2.44. The van der Waals surface area contributed by atoms with Gasteiger partial charge in [-0.15, -0.1) is 11.3 Å². The number of anilines is 1. The molecule has 1 aromatic heterocycles. The summed E-state index contributed by atoms with van der Waals surface area (Å²) in [5.41, 5.74) is 2.15. The summed E-state index contributed by atoms with van der Waals surface area (Å²) in [5, 5.41) is 6.31. The molecule has 1 atom stereocenters. The van der Waals surface area contributed by atoms with E-state index in [2.05, 4.69) is 15.6 Å². The van der Waals surface area contributed by atoms with Crippen molar-refractivity contribution in [3.05, 3.63) is 71.0 Å².